The monoisotopic (exact) mass is 361 g/mol. The van der Waals surface area contributed by atoms with Crippen molar-refractivity contribution in [2.24, 2.45) is 0 Å². The van der Waals surface area contributed by atoms with Crippen LogP contribution in [0, 0.1) is 0 Å². The molecule has 0 amide bonds. The van der Waals surface area contributed by atoms with E-state index in [9.17, 15) is 0 Å². The third kappa shape index (κ3) is 2.53. The molecule has 5 heteroatoms. The van der Waals surface area contributed by atoms with E-state index in [0.717, 1.165) is 56.1 Å². The van der Waals surface area contributed by atoms with Gasteiger partial charge >= 0.3 is 0 Å². The van der Waals surface area contributed by atoms with Crippen LogP contribution in [0.5, 0.6) is 0 Å². The van der Waals surface area contributed by atoms with Gasteiger partial charge in [0.2, 0.25) is 0 Å². The van der Waals surface area contributed by atoms with Gasteiger partial charge in [-0.1, -0.05) is 0 Å². The first-order valence-electron chi connectivity index (χ1n) is 9.12. The molecular formula is C23H15N5. The molecular weight excluding hydrogens is 346 g/mol. The zero-order valence-corrected chi connectivity index (χ0v) is 14.8. The van der Waals surface area contributed by atoms with Gasteiger partial charge in [0.1, 0.15) is 0 Å². The van der Waals surface area contributed by atoms with Crippen LogP contribution in [-0.4, -0.2) is 24.9 Å². The van der Waals surface area contributed by atoms with Crippen LogP contribution in [0.15, 0.2) is 66.9 Å². The Morgan fingerprint density at radius 3 is 1.89 bits per heavy atom. The van der Waals surface area contributed by atoms with Gasteiger partial charge in [-0.15, -0.1) is 0 Å². The third-order valence-electron chi connectivity index (χ3n) is 4.90. The predicted molar refractivity (Wildman–Crippen MR) is 112 cm³/mol. The number of hydrogen-bond acceptors (Lipinski definition) is 3. The highest BCUT2D eigenvalue weighted by Crippen LogP contribution is 2.33. The van der Waals surface area contributed by atoms with Gasteiger partial charge in [-0.3, -0.25) is 4.98 Å². The lowest BCUT2D eigenvalue weighted by atomic mass is 10.1. The van der Waals surface area contributed by atoms with Crippen molar-refractivity contribution in [1.29, 1.82) is 0 Å². The van der Waals surface area contributed by atoms with E-state index in [4.69, 9.17) is 4.98 Å². The molecule has 0 fully saturated rings. The Hall–Kier alpha value is -3.99. The molecule has 4 aromatic heterocycles. The summed E-state index contributed by atoms with van der Waals surface area (Å²) < 4.78 is 0. The summed E-state index contributed by atoms with van der Waals surface area (Å²) in [5, 5.41) is 0. The zero-order chi connectivity index (χ0) is 18.5. The minimum atomic E-state index is 0.856. The summed E-state index contributed by atoms with van der Waals surface area (Å²) in [4.78, 5) is 20.9. The second kappa shape index (κ2) is 5.76. The SMILES string of the molecule is C1=Cc2cc3ccc(cc4nc(cc5ccc(cc1n2)[nH]5)-c1cccnc1-4)[nH]3. The van der Waals surface area contributed by atoms with Gasteiger partial charge in [-0.2, -0.15) is 0 Å². The maximum absolute atomic E-state index is 4.85. The van der Waals surface area contributed by atoms with Gasteiger partial charge < -0.3 is 9.97 Å². The Kier molecular flexibility index (Phi) is 3.10. The number of H-pyrrole nitrogens is 2. The fourth-order valence-corrected chi connectivity index (χ4v) is 3.63. The van der Waals surface area contributed by atoms with Crippen LogP contribution in [0.25, 0.3) is 56.9 Å². The molecule has 132 valence electrons. The molecule has 0 aliphatic carbocycles. The van der Waals surface area contributed by atoms with Crippen molar-refractivity contribution in [3.05, 3.63) is 78.2 Å². The Bertz CT molecular complexity index is 1320. The first-order valence-corrected chi connectivity index (χ1v) is 9.12. The van der Waals surface area contributed by atoms with E-state index in [2.05, 4.69) is 44.2 Å². The molecule has 8 bridgehead atoms. The van der Waals surface area contributed by atoms with Crippen LogP contribution in [0.2, 0.25) is 0 Å². The molecule has 2 aliphatic heterocycles. The average Bonchev–Trinajstić information content (AvgIpc) is 3.47. The number of hydrogen-bond donors (Lipinski definition) is 2. The Balaban J connectivity index is 1.73. The van der Waals surface area contributed by atoms with Gasteiger partial charge in [0.05, 0.1) is 28.5 Å². The molecule has 0 saturated heterocycles. The number of nitrogens with one attached hydrogen (secondary N) is 2. The average molecular weight is 361 g/mol. The number of pyridine rings is 1. The van der Waals surface area contributed by atoms with Crippen molar-refractivity contribution >= 4 is 34.2 Å². The van der Waals surface area contributed by atoms with Crippen LogP contribution in [-0.2, 0) is 0 Å². The number of aromatic amines is 2. The quantitative estimate of drug-likeness (QED) is 0.390. The highest BCUT2D eigenvalue weighted by Gasteiger charge is 2.16. The molecule has 5 nitrogen and oxygen atoms in total. The maximum Gasteiger partial charge on any atom is 0.0981 e. The van der Waals surface area contributed by atoms with Crippen LogP contribution in [0.4, 0.5) is 0 Å². The molecule has 0 unspecified atom stereocenters. The van der Waals surface area contributed by atoms with Crippen LogP contribution in [0.1, 0.15) is 11.4 Å². The number of nitrogens with zero attached hydrogens (tertiary/aromatic N) is 3. The van der Waals surface area contributed by atoms with E-state index in [1.54, 1.807) is 0 Å². The summed E-state index contributed by atoms with van der Waals surface area (Å²) >= 11 is 0. The lowest BCUT2D eigenvalue weighted by Crippen LogP contribution is -1.80. The van der Waals surface area contributed by atoms with Crippen molar-refractivity contribution in [1.82, 2.24) is 24.9 Å². The molecule has 4 aromatic rings. The Labute approximate surface area is 160 Å². The maximum atomic E-state index is 4.85. The summed E-state index contributed by atoms with van der Waals surface area (Å²) in [6, 6.07) is 20.4. The van der Waals surface area contributed by atoms with Crippen molar-refractivity contribution in [3.8, 4) is 22.6 Å². The van der Waals surface area contributed by atoms with E-state index >= 15 is 0 Å². The summed E-state index contributed by atoms with van der Waals surface area (Å²) in [7, 11) is 0. The first kappa shape index (κ1) is 15.1. The minimum absolute atomic E-state index is 0.856. The summed E-state index contributed by atoms with van der Waals surface area (Å²) in [5.74, 6) is 0. The van der Waals surface area contributed by atoms with E-state index in [1.807, 2.05) is 54.7 Å². The largest absolute Gasteiger partial charge is 0.355 e. The molecule has 0 radical (unpaired) electrons. The third-order valence-corrected chi connectivity index (χ3v) is 4.90. The highest BCUT2D eigenvalue weighted by molar-refractivity contribution is 5.85. The fraction of sp³-hybridized carbons (Fsp3) is 0. The molecule has 6 rings (SSSR count). The van der Waals surface area contributed by atoms with Gasteiger partial charge in [0, 0.05) is 33.8 Å². The number of fused-ring (bicyclic) bond motifs is 11. The second-order valence-electron chi connectivity index (χ2n) is 6.89. The highest BCUT2D eigenvalue weighted by atomic mass is 14.8. The standard InChI is InChI=1S/C23H15N5/c1-2-20-21-12-18-7-5-16(26-18)10-14-3-4-15(25-14)11-17-6-8-19(27-17)13-22(28-21)23(20)24-9-1/h1-13,26-27H. The molecule has 28 heavy (non-hydrogen) atoms. The van der Waals surface area contributed by atoms with E-state index in [0.29, 0.717) is 0 Å². The van der Waals surface area contributed by atoms with Gasteiger partial charge in [0.25, 0.3) is 0 Å². The minimum Gasteiger partial charge on any atom is -0.355 e. The molecule has 0 saturated carbocycles. The van der Waals surface area contributed by atoms with Gasteiger partial charge in [-0.05, 0) is 72.8 Å². The summed E-state index contributed by atoms with van der Waals surface area (Å²) in [6.45, 7) is 0. The first-order chi connectivity index (χ1) is 13.8. The van der Waals surface area contributed by atoms with Crippen molar-refractivity contribution in [2.75, 3.05) is 0 Å². The van der Waals surface area contributed by atoms with E-state index in [-0.39, 0.29) is 0 Å². The van der Waals surface area contributed by atoms with Crippen molar-refractivity contribution in [2.45, 2.75) is 0 Å². The Morgan fingerprint density at radius 1 is 0.607 bits per heavy atom. The van der Waals surface area contributed by atoms with Gasteiger partial charge in [-0.25, -0.2) is 9.97 Å². The van der Waals surface area contributed by atoms with Crippen LogP contribution < -0.4 is 0 Å². The second-order valence-corrected chi connectivity index (χ2v) is 6.89. The van der Waals surface area contributed by atoms with Crippen molar-refractivity contribution in [3.63, 3.8) is 0 Å². The fourth-order valence-electron chi connectivity index (χ4n) is 3.63. The smallest absolute Gasteiger partial charge is 0.0981 e. The predicted octanol–water partition coefficient (Wildman–Crippen LogP) is 5.21. The van der Waals surface area contributed by atoms with Crippen LogP contribution >= 0.6 is 0 Å². The molecule has 2 aliphatic rings. The normalized spacial score (nSPS) is 12.1. The lowest BCUT2D eigenvalue weighted by molar-refractivity contribution is 1.32. The Morgan fingerprint density at radius 2 is 1.21 bits per heavy atom. The molecule has 0 aromatic carbocycles. The molecule has 6 heterocycles. The topological polar surface area (TPSA) is 70.2 Å². The molecule has 0 atom stereocenters. The van der Waals surface area contributed by atoms with Crippen LogP contribution in [0.3, 0.4) is 0 Å². The molecule has 0 spiro atoms. The lowest BCUT2D eigenvalue weighted by Gasteiger charge is -1.95. The molecule has 2 N–H and O–H groups in total. The number of rotatable bonds is 0. The number of aromatic nitrogens is 5. The summed E-state index contributed by atoms with van der Waals surface area (Å²) in [6.07, 6.45) is 5.85. The zero-order valence-electron chi connectivity index (χ0n) is 14.8. The summed E-state index contributed by atoms with van der Waals surface area (Å²) in [5.41, 5.74) is 9.53. The van der Waals surface area contributed by atoms with E-state index < -0.39 is 0 Å². The van der Waals surface area contributed by atoms with Crippen molar-refractivity contribution < 1.29 is 0 Å². The van der Waals surface area contributed by atoms with E-state index in [1.165, 1.54) is 0 Å². The van der Waals surface area contributed by atoms with Gasteiger partial charge in [0.15, 0.2) is 0 Å².